The lowest BCUT2D eigenvalue weighted by Crippen LogP contribution is -2.48. The van der Waals surface area contributed by atoms with Gasteiger partial charge in [0.05, 0.1) is 14.2 Å². The maximum atomic E-state index is 14.0. The van der Waals surface area contributed by atoms with Gasteiger partial charge in [-0.3, -0.25) is 9.36 Å². The van der Waals surface area contributed by atoms with Crippen LogP contribution in [0.25, 0.3) is 22.2 Å². The van der Waals surface area contributed by atoms with Crippen molar-refractivity contribution in [2.45, 2.75) is 38.6 Å². The molecule has 1 saturated heterocycles. The summed E-state index contributed by atoms with van der Waals surface area (Å²) in [6, 6.07) is 5.77. The highest BCUT2D eigenvalue weighted by atomic mass is 16.5. The number of fused-ring (bicyclic) bond motifs is 1. The van der Waals surface area contributed by atoms with E-state index in [0.29, 0.717) is 34.1 Å². The molecule has 1 aromatic carbocycles. The van der Waals surface area contributed by atoms with Crippen molar-refractivity contribution in [1.29, 1.82) is 0 Å². The van der Waals surface area contributed by atoms with Crippen LogP contribution in [-0.4, -0.2) is 48.9 Å². The van der Waals surface area contributed by atoms with Crippen molar-refractivity contribution in [2.24, 2.45) is 5.41 Å². The minimum absolute atomic E-state index is 0.0320. The normalized spacial score (nSPS) is 17.7. The van der Waals surface area contributed by atoms with Crippen LogP contribution in [0.5, 0.6) is 11.5 Å². The molecular weight excluding hydrogens is 418 g/mol. The molecule has 174 valence electrons. The number of piperidine rings is 1. The summed E-state index contributed by atoms with van der Waals surface area (Å²) in [7, 11) is 5.04. The molecule has 0 radical (unpaired) electrons. The Hall–Kier alpha value is -3.13. The molecule has 8 heteroatoms. The molecule has 0 atom stereocenters. The fourth-order valence-corrected chi connectivity index (χ4v) is 5.53. The lowest BCUT2D eigenvalue weighted by Gasteiger charge is -2.51. The maximum Gasteiger partial charge on any atom is 0.260 e. The first-order chi connectivity index (χ1) is 16.0. The van der Waals surface area contributed by atoms with Gasteiger partial charge in [0.15, 0.2) is 0 Å². The molecule has 2 N–H and O–H groups in total. The zero-order chi connectivity index (χ0) is 23.2. The predicted octanol–water partition coefficient (Wildman–Crippen LogP) is 3.53. The summed E-state index contributed by atoms with van der Waals surface area (Å²) in [5.74, 6) is 1.85. The highest BCUT2D eigenvalue weighted by Gasteiger charge is 2.46. The largest absolute Gasteiger partial charge is 0.497 e. The SMILES string of the molecule is CNc1ncc2cc(-c3cc(OC)cc(OC)c3C)c(=O)n(C3CC4(CCNCC4)C3)c2n1. The Balaban J connectivity index is 1.70. The Morgan fingerprint density at radius 3 is 2.55 bits per heavy atom. The number of methoxy groups -OCH3 is 2. The van der Waals surface area contributed by atoms with E-state index in [1.54, 1.807) is 27.5 Å². The summed E-state index contributed by atoms with van der Waals surface area (Å²) in [5, 5.41) is 7.30. The van der Waals surface area contributed by atoms with E-state index in [1.165, 1.54) is 12.8 Å². The van der Waals surface area contributed by atoms with Crippen molar-refractivity contribution in [1.82, 2.24) is 19.9 Å². The van der Waals surface area contributed by atoms with E-state index < -0.39 is 0 Å². The second kappa shape index (κ2) is 8.33. The molecule has 0 amide bonds. The number of benzene rings is 1. The molecule has 33 heavy (non-hydrogen) atoms. The van der Waals surface area contributed by atoms with Gasteiger partial charge in [0, 0.05) is 36.3 Å². The van der Waals surface area contributed by atoms with Gasteiger partial charge in [-0.2, -0.15) is 4.98 Å². The zero-order valence-electron chi connectivity index (χ0n) is 19.7. The quantitative estimate of drug-likeness (QED) is 0.616. The van der Waals surface area contributed by atoms with Gasteiger partial charge >= 0.3 is 0 Å². The predicted molar refractivity (Wildman–Crippen MR) is 129 cm³/mol. The molecule has 0 unspecified atom stereocenters. The number of rotatable bonds is 5. The molecule has 1 aliphatic carbocycles. The Morgan fingerprint density at radius 2 is 1.88 bits per heavy atom. The van der Waals surface area contributed by atoms with Gasteiger partial charge in [-0.15, -0.1) is 0 Å². The third-order valence-electron chi connectivity index (χ3n) is 7.44. The monoisotopic (exact) mass is 449 g/mol. The van der Waals surface area contributed by atoms with Gasteiger partial charge in [0.2, 0.25) is 5.95 Å². The molecule has 3 aromatic rings. The number of ether oxygens (including phenoxy) is 2. The van der Waals surface area contributed by atoms with Crippen LogP contribution < -0.4 is 25.7 Å². The van der Waals surface area contributed by atoms with Crippen molar-refractivity contribution < 1.29 is 9.47 Å². The van der Waals surface area contributed by atoms with Crippen LogP contribution in [0.3, 0.4) is 0 Å². The molecule has 2 fully saturated rings. The van der Waals surface area contributed by atoms with Crippen LogP contribution in [0, 0.1) is 12.3 Å². The van der Waals surface area contributed by atoms with Crippen molar-refractivity contribution in [3.05, 3.63) is 40.3 Å². The fourth-order valence-electron chi connectivity index (χ4n) is 5.53. The van der Waals surface area contributed by atoms with Gasteiger partial charge < -0.3 is 20.1 Å². The van der Waals surface area contributed by atoms with Gasteiger partial charge in [0.25, 0.3) is 5.56 Å². The first kappa shape index (κ1) is 21.7. The Labute approximate surface area is 193 Å². The van der Waals surface area contributed by atoms with Gasteiger partial charge in [-0.25, -0.2) is 4.98 Å². The molecule has 3 heterocycles. The van der Waals surface area contributed by atoms with Crippen LogP contribution in [0.2, 0.25) is 0 Å². The third kappa shape index (κ3) is 3.62. The number of nitrogens with one attached hydrogen (secondary N) is 2. The van der Waals surface area contributed by atoms with Gasteiger partial charge in [-0.05, 0) is 74.4 Å². The van der Waals surface area contributed by atoms with E-state index in [0.717, 1.165) is 42.4 Å². The van der Waals surface area contributed by atoms with Crippen LogP contribution in [0.4, 0.5) is 5.95 Å². The minimum atomic E-state index is -0.0320. The average molecular weight is 450 g/mol. The van der Waals surface area contributed by atoms with Crippen molar-refractivity contribution in [2.75, 3.05) is 39.7 Å². The second-order valence-corrected chi connectivity index (χ2v) is 9.27. The lowest BCUT2D eigenvalue weighted by atomic mass is 9.60. The summed E-state index contributed by atoms with van der Waals surface area (Å²) in [6.45, 7) is 4.07. The summed E-state index contributed by atoms with van der Waals surface area (Å²) in [6.07, 6.45) is 6.13. The first-order valence-electron chi connectivity index (χ1n) is 11.5. The van der Waals surface area contributed by atoms with Crippen LogP contribution in [0.15, 0.2) is 29.2 Å². The fraction of sp³-hybridized carbons (Fsp3) is 0.480. The van der Waals surface area contributed by atoms with Crippen LogP contribution in [-0.2, 0) is 0 Å². The molecule has 2 aromatic heterocycles. The standard InChI is InChI=1S/C25H31N5O3/c1-15-19(10-18(32-3)11-21(15)33-4)20-9-16-14-28-24(26-2)29-22(16)30(23(20)31)17-12-25(13-17)5-7-27-8-6-25/h9-11,14,17,27H,5-8,12-13H2,1-4H3,(H,26,28,29). The molecule has 1 spiro atoms. The van der Waals surface area contributed by atoms with E-state index >= 15 is 0 Å². The molecule has 2 aliphatic rings. The number of pyridine rings is 1. The van der Waals surface area contributed by atoms with E-state index in [4.69, 9.17) is 14.5 Å². The van der Waals surface area contributed by atoms with Crippen molar-refractivity contribution in [3.63, 3.8) is 0 Å². The van der Waals surface area contributed by atoms with E-state index in [-0.39, 0.29) is 11.6 Å². The van der Waals surface area contributed by atoms with Crippen LogP contribution >= 0.6 is 0 Å². The Kier molecular flexibility index (Phi) is 5.48. The first-order valence-corrected chi connectivity index (χ1v) is 11.5. The third-order valence-corrected chi connectivity index (χ3v) is 7.44. The van der Waals surface area contributed by atoms with E-state index in [9.17, 15) is 4.79 Å². The average Bonchev–Trinajstić information content (AvgIpc) is 2.83. The molecule has 5 rings (SSSR count). The summed E-state index contributed by atoms with van der Waals surface area (Å²) >= 11 is 0. The lowest BCUT2D eigenvalue weighted by molar-refractivity contribution is 0.0292. The number of anilines is 1. The van der Waals surface area contributed by atoms with Crippen molar-refractivity contribution in [3.8, 4) is 22.6 Å². The second-order valence-electron chi connectivity index (χ2n) is 9.27. The van der Waals surface area contributed by atoms with E-state index in [2.05, 4.69) is 15.6 Å². The minimum Gasteiger partial charge on any atom is -0.497 e. The summed E-state index contributed by atoms with van der Waals surface area (Å²) in [4.78, 5) is 23.1. The molecule has 1 saturated carbocycles. The smallest absolute Gasteiger partial charge is 0.260 e. The maximum absolute atomic E-state index is 14.0. The Morgan fingerprint density at radius 1 is 1.12 bits per heavy atom. The number of nitrogens with zero attached hydrogens (tertiary/aromatic N) is 3. The zero-order valence-corrected chi connectivity index (χ0v) is 19.7. The summed E-state index contributed by atoms with van der Waals surface area (Å²) in [5.41, 5.74) is 3.31. The van der Waals surface area contributed by atoms with Gasteiger partial charge in [0.1, 0.15) is 17.1 Å². The molecule has 0 bridgehead atoms. The number of aromatic nitrogens is 3. The van der Waals surface area contributed by atoms with E-state index in [1.807, 2.05) is 29.7 Å². The molecular formula is C25H31N5O3. The highest BCUT2D eigenvalue weighted by Crippen LogP contribution is 2.54. The molecule has 8 nitrogen and oxygen atoms in total. The number of hydrogen-bond acceptors (Lipinski definition) is 7. The van der Waals surface area contributed by atoms with Gasteiger partial charge in [-0.1, -0.05) is 0 Å². The highest BCUT2D eigenvalue weighted by molar-refractivity contribution is 5.83. The Bertz CT molecular complexity index is 1260. The van der Waals surface area contributed by atoms with Crippen LogP contribution in [0.1, 0.15) is 37.3 Å². The molecule has 1 aliphatic heterocycles. The topological polar surface area (TPSA) is 90.3 Å². The van der Waals surface area contributed by atoms with Crippen molar-refractivity contribution >= 4 is 17.0 Å². The summed E-state index contributed by atoms with van der Waals surface area (Å²) < 4.78 is 13.0. The number of hydrogen-bond donors (Lipinski definition) is 2.